The Kier molecular flexibility index (Phi) is 4.24. The van der Waals surface area contributed by atoms with Crippen LogP contribution in [0.1, 0.15) is 29.1 Å². The number of aromatic nitrogens is 2. The minimum atomic E-state index is -0.00524. The maximum Gasteiger partial charge on any atom is 0.254 e. The number of nitrogens with zero attached hydrogens (tertiary/aromatic N) is 3. The molecule has 1 amide bonds. The smallest absolute Gasteiger partial charge is 0.254 e. The van der Waals surface area contributed by atoms with Gasteiger partial charge in [0.1, 0.15) is 0 Å². The van der Waals surface area contributed by atoms with Crippen molar-refractivity contribution in [3.63, 3.8) is 0 Å². The van der Waals surface area contributed by atoms with E-state index in [0.29, 0.717) is 28.9 Å². The lowest BCUT2D eigenvalue weighted by molar-refractivity contribution is 0.0714. The van der Waals surface area contributed by atoms with Gasteiger partial charge < -0.3 is 9.32 Å². The first-order valence-corrected chi connectivity index (χ1v) is 8.53. The zero-order chi connectivity index (χ0) is 17.2. The van der Waals surface area contributed by atoms with E-state index >= 15 is 0 Å². The number of hydrogen-bond donors (Lipinski definition) is 0. The quantitative estimate of drug-likeness (QED) is 0.690. The fourth-order valence-corrected chi connectivity index (χ4v) is 2.80. The minimum absolute atomic E-state index is 0.00524. The lowest BCUT2D eigenvalue weighted by Crippen LogP contribution is -2.32. The van der Waals surface area contributed by atoms with E-state index in [4.69, 9.17) is 16.0 Å². The summed E-state index contributed by atoms with van der Waals surface area (Å²) in [7, 11) is 0. The van der Waals surface area contributed by atoms with Gasteiger partial charge in [-0.05, 0) is 49.2 Å². The number of halogens is 1. The Morgan fingerprint density at radius 1 is 1.08 bits per heavy atom. The Hall–Kier alpha value is -2.66. The van der Waals surface area contributed by atoms with Crippen LogP contribution in [0.4, 0.5) is 0 Å². The molecule has 0 saturated heterocycles. The first-order valence-electron chi connectivity index (χ1n) is 8.15. The largest absolute Gasteiger partial charge is 0.419 e. The summed E-state index contributed by atoms with van der Waals surface area (Å²) in [4.78, 5) is 14.6. The molecule has 1 aromatic heterocycles. The molecule has 126 valence electrons. The van der Waals surface area contributed by atoms with Gasteiger partial charge in [-0.15, -0.1) is 10.2 Å². The molecule has 3 aromatic rings. The number of carbonyl (C=O) groups excluding carboxylic acids is 1. The van der Waals surface area contributed by atoms with Crippen molar-refractivity contribution in [3.8, 4) is 11.5 Å². The predicted octanol–water partition coefficient (Wildman–Crippen LogP) is 4.19. The molecule has 4 rings (SSSR count). The molecular weight excluding hydrogens is 338 g/mol. The molecule has 1 heterocycles. The van der Waals surface area contributed by atoms with Gasteiger partial charge in [0.25, 0.3) is 5.91 Å². The molecule has 0 N–H and O–H groups in total. The van der Waals surface area contributed by atoms with E-state index < -0.39 is 0 Å². The Morgan fingerprint density at radius 2 is 1.80 bits per heavy atom. The summed E-state index contributed by atoms with van der Waals surface area (Å²) >= 11 is 5.90. The van der Waals surface area contributed by atoms with Crippen LogP contribution in [0.25, 0.3) is 11.5 Å². The van der Waals surface area contributed by atoms with Gasteiger partial charge in [0.2, 0.25) is 11.8 Å². The summed E-state index contributed by atoms with van der Waals surface area (Å²) < 4.78 is 5.74. The van der Waals surface area contributed by atoms with Crippen LogP contribution in [0.3, 0.4) is 0 Å². The molecule has 1 saturated carbocycles. The Balaban J connectivity index is 1.53. The molecule has 0 bridgehead atoms. The van der Waals surface area contributed by atoms with Gasteiger partial charge in [-0.2, -0.15) is 0 Å². The van der Waals surface area contributed by atoms with Crippen molar-refractivity contribution in [2.45, 2.75) is 25.4 Å². The van der Waals surface area contributed by atoms with Crippen LogP contribution in [0, 0.1) is 0 Å². The lowest BCUT2D eigenvalue weighted by Gasteiger charge is -2.20. The summed E-state index contributed by atoms with van der Waals surface area (Å²) in [5, 5.41) is 8.83. The van der Waals surface area contributed by atoms with Gasteiger partial charge in [-0.25, -0.2) is 0 Å². The first kappa shape index (κ1) is 15.8. The monoisotopic (exact) mass is 353 g/mol. The molecule has 0 unspecified atom stereocenters. The molecule has 2 aromatic carbocycles. The number of carbonyl (C=O) groups is 1. The van der Waals surface area contributed by atoms with Gasteiger partial charge >= 0.3 is 0 Å². The fourth-order valence-electron chi connectivity index (χ4n) is 2.67. The zero-order valence-corrected chi connectivity index (χ0v) is 14.2. The average molecular weight is 354 g/mol. The zero-order valence-electron chi connectivity index (χ0n) is 13.4. The van der Waals surface area contributed by atoms with Crippen molar-refractivity contribution in [2.75, 3.05) is 0 Å². The van der Waals surface area contributed by atoms with Crippen LogP contribution >= 0.6 is 11.6 Å². The second-order valence-electron chi connectivity index (χ2n) is 6.04. The molecule has 5 nitrogen and oxygen atoms in total. The van der Waals surface area contributed by atoms with E-state index in [-0.39, 0.29) is 11.9 Å². The van der Waals surface area contributed by atoms with Gasteiger partial charge in [0.15, 0.2) is 0 Å². The van der Waals surface area contributed by atoms with E-state index in [1.807, 2.05) is 47.4 Å². The summed E-state index contributed by atoms with van der Waals surface area (Å²) in [6.45, 7) is 0.318. The third-order valence-corrected chi connectivity index (χ3v) is 4.38. The fraction of sp³-hybridized carbons (Fsp3) is 0.211. The van der Waals surface area contributed by atoms with Crippen molar-refractivity contribution in [3.05, 3.63) is 71.1 Å². The standard InChI is InChI=1S/C19H16ClN3O2/c20-15-8-6-13(7-9-15)18-22-21-17(25-18)12-23(16-10-11-16)19(24)14-4-2-1-3-5-14/h1-9,16H,10-12H2. The van der Waals surface area contributed by atoms with Gasteiger partial charge in [0.05, 0.1) is 6.54 Å². The lowest BCUT2D eigenvalue weighted by atomic mass is 10.2. The summed E-state index contributed by atoms with van der Waals surface area (Å²) in [5.74, 6) is 0.852. The van der Waals surface area contributed by atoms with Gasteiger partial charge in [-0.3, -0.25) is 4.79 Å². The second kappa shape index (κ2) is 6.69. The highest BCUT2D eigenvalue weighted by atomic mass is 35.5. The highest BCUT2D eigenvalue weighted by Crippen LogP contribution is 2.30. The number of benzene rings is 2. The van der Waals surface area contributed by atoms with Crippen molar-refractivity contribution in [1.29, 1.82) is 0 Å². The second-order valence-corrected chi connectivity index (χ2v) is 6.47. The molecule has 6 heteroatoms. The topological polar surface area (TPSA) is 59.2 Å². The minimum Gasteiger partial charge on any atom is -0.419 e. The highest BCUT2D eigenvalue weighted by Gasteiger charge is 2.34. The molecular formula is C19H16ClN3O2. The third kappa shape index (κ3) is 3.56. The molecule has 0 aliphatic heterocycles. The highest BCUT2D eigenvalue weighted by molar-refractivity contribution is 6.30. The number of amides is 1. The number of hydrogen-bond acceptors (Lipinski definition) is 4. The van der Waals surface area contributed by atoms with Crippen LogP contribution in [0.15, 0.2) is 59.0 Å². The summed E-state index contributed by atoms with van der Waals surface area (Å²) in [6, 6.07) is 16.7. The van der Waals surface area contributed by atoms with Gasteiger partial charge in [-0.1, -0.05) is 29.8 Å². The summed E-state index contributed by atoms with van der Waals surface area (Å²) in [6.07, 6.45) is 2.02. The van der Waals surface area contributed by atoms with Crippen molar-refractivity contribution < 1.29 is 9.21 Å². The van der Waals surface area contributed by atoms with Crippen LogP contribution < -0.4 is 0 Å². The number of rotatable bonds is 5. The van der Waals surface area contributed by atoms with E-state index in [1.165, 1.54) is 0 Å². The normalized spacial score (nSPS) is 13.6. The molecule has 1 aliphatic carbocycles. The van der Waals surface area contributed by atoms with E-state index in [0.717, 1.165) is 18.4 Å². The molecule has 1 aliphatic rings. The Labute approximate surface area is 150 Å². The Morgan fingerprint density at radius 3 is 2.48 bits per heavy atom. The van der Waals surface area contributed by atoms with E-state index in [1.54, 1.807) is 12.1 Å². The summed E-state index contributed by atoms with van der Waals surface area (Å²) in [5.41, 5.74) is 1.47. The van der Waals surface area contributed by atoms with Crippen molar-refractivity contribution in [2.24, 2.45) is 0 Å². The molecule has 25 heavy (non-hydrogen) atoms. The van der Waals surface area contributed by atoms with E-state index in [2.05, 4.69) is 10.2 Å². The van der Waals surface area contributed by atoms with Crippen LogP contribution in [0.2, 0.25) is 5.02 Å². The van der Waals surface area contributed by atoms with Crippen molar-refractivity contribution >= 4 is 17.5 Å². The van der Waals surface area contributed by atoms with Crippen molar-refractivity contribution in [1.82, 2.24) is 15.1 Å². The van der Waals surface area contributed by atoms with Crippen LogP contribution in [-0.2, 0) is 6.54 Å². The first-order chi connectivity index (χ1) is 12.2. The van der Waals surface area contributed by atoms with E-state index in [9.17, 15) is 4.79 Å². The third-order valence-electron chi connectivity index (χ3n) is 4.13. The molecule has 0 atom stereocenters. The maximum atomic E-state index is 12.8. The van der Waals surface area contributed by atoms with Crippen LogP contribution in [0.5, 0.6) is 0 Å². The predicted molar refractivity (Wildman–Crippen MR) is 94.1 cm³/mol. The SMILES string of the molecule is O=C(c1ccccc1)N(Cc1nnc(-c2ccc(Cl)cc2)o1)C1CC1. The maximum absolute atomic E-state index is 12.8. The Bertz CT molecular complexity index is 873. The van der Waals surface area contributed by atoms with Crippen LogP contribution in [-0.4, -0.2) is 27.0 Å². The molecule has 0 radical (unpaired) electrons. The average Bonchev–Trinajstić information content (AvgIpc) is 3.39. The molecule has 1 fully saturated rings. The molecule has 0 spiro atoms. The van der Waals surface area contributed by atoms with Gasteiger partial charge in [0, 0.05) is 22.2 Å².